The fourth-order valence-electron chi connectivity index (χ4n) is 3.51. The zero-order chi connectivity index (χ0) is 17.2. The lowest BCUT2D eigenvalue weighted by Crippen LogP contribution is -2.34. The summed E-state index contributed by atoms with van der Waals surface area (Å²) in [6.07, 6.45) is 5.61. The third-order valence-electron chi connectivity index (χ3n) is 4.85. The molecule has 1 aliphatic heterocycles. The van der Waals surface area contributed by atoms with Gasteiger partial charge in [0.25, 0.3) is 0 Å². The number of rotatable bonds is 3. The van der Waals surface area contributed by atoms with Gasteiger partial charge in [-0.25, -0.2) is 9.37 Å². The van der Waals surface area contributed by atoms with Crippen LogP contribution in [-0.4, -0.2) is 32.8 Å². The highest BCUT2D eigenvalue weighted by Crippen LogP contribution is 2.33. The number of nitrogens with zero attached hydrogens (tertiary/aromatic N) is 5. The fourth-order valence-corrected chi connectivity index (χ4v) is 3.51. The Balaban J connectivity index is 1.56. The molecule has 0 aliphatic carbocycles. The third-order valence-corrected chi connectivity index (χ3v) is 4.85. The van der Waals surface area contributed by atoms with Crippen molar-refractivity contribution in [1.82, 2.24) is 19.7 Å². The minimum atomic E-state index is -0.223. The minimum Gasteiger partial charge on any atom is -0.356 e. The average molecular weight is 337 g/mol. The van der Waals surface area contributed by atoms with Gasteiger partial charge in [-0.3, -0.25) is 0 Å². The fraction of sp³-hybridized carbons (Fsp3) is 0.316. The molecule has 0 spiro atoms. The molecule has 2 aromatic heterocycles. The highest BCUT2D eigenvalue weighted by atomic mass is 19.1. The van der Waals surface area contributed by atoms with Crippen molar-refractivity contribution < 1.29 is 4.39 Å². The Hall–Kier alpha value is -2.76. The quantitative estimate of drug-likeness (QED) is 0.735. The normalized spacial score (nSPS) is 15.5. The van der Waals surface area contributed by atoms with Crippen LogP contribution in [0, 0.1) is 5.82 Å². The maximum Gasteiger partial charge on any atom is 0.136 e. The Morgan fingerprint density at radius 2 is 1.84 bits per heavy atom. The predicted molar refractivity (Wildman–Crippen MR) is 94.8 cm³/mol. The van der Waals surface area contributed by atoms with E-state index in [-0.39, 0.29) is 5.82 Å². The molecule has 6 heteroatoms. The van der Waals surface area contributed by atoms with Crippen LogP contribution >= 0.6 is 0 Å². The van der Waals surface area contributed by atoms with Crippen molar-refractivity contribution in [2.24, 2.45) is 7.05 Å². The average Bonchev–Trinajstić information content (AvgIpc) is 3.09. The number of pyridine rings is 1. The Labute approximate surface area is 146 Å². The maximum atomic E-state index is 13.2. The van der Waals surface area contributed by atoms with E-state index in [4.69, 9.17) is 0 Å². The van der Waals surface area contributed by atoms with Gasteiger partial charge in [0.15, 0.2) is 0 Å². The molecule has 4 rings (SSSR count). The smallest absolute Gasteiger partial charge is 0.136 e. The Bertz CT molecular complexity index is 850. The van der Waals surface area contributed by atoms with Crippen LogP contribution in [0.4, 0.5) is 10.2 Å². The first kappa shape index (κ1) is 15.7. The van der Waals surface area contributed by atoms with Crippen LogP contribution in [0.3, 0.4) is 0 Å². The number of anilines is 1. The number of piperidine rings is 1. The van der Waals surface area contributed by atoms with E-state index in [0.29, 0.717) is 5.92 Å². The molecule has 0 saturated carbocycles. The predicted octanol–water partition coefficient (Wildman–Crippen LogP) is 3.40. The molecule has 0 unspecified atom stereocenters. The van der Waals surface area contributed by atoms with Crippen LogP contribution in [0.2, 0.25) is 0 Å². The first-order chi connectivity index (χ1) is 12.2. The molecule has 0 bridgehead atoms. The summed E-state index contributed by atoms with van der Waals surface area (Å²) >= 11 is 0. The van der Waals surface area contributed by atoms with Gasteiger partial charge in [0.05, 0.1) is 0 Å². The van der Waals surface area contributed by atoms with E-state index < -0.39 is 0 Å². The summed E-state index contributed by atoms with van der Waals surface area (Å²) in [5, 5.41) is 8.25. The largest absolute Gasteiger partial charge is 0.356 e. The van der Waals surface area contributed by atoms with E-state index in [2.05, 4.69) is 20.1 Å². The van der Waals surface area contributed by atoms with Crippen LogP contribution in [0.15, 0.2) is 48.9 Å². The molecular formula is C19H20FN5. The van der Waals surface area contributed by atoms with E-state index in [9.17, 15) is 4.39 Å². The molecule has 3 aromatic rings. The van der Waals surface area contributed by atoms with E-state index in [1.807, 2.05) is 42.1 Å². The summed E-state index contributed by atoms with van der Waals surface area (Å²) in [6.45, 7) is 1.84. The zero-order valence-electron chi connectivity index (χ0n) is 14.1. The summed E-state index contributed by atoms with van der Waals surface area (Å²) in [4.78, 5) is 6.92. The Morgan fingerprint density at radius 3 is 2.52 bits per heavy atom. The van der Waals surface area contributed by atoms with E-state index >= 15 is 0 Å². The second-order valence-corrected chi connectivity index (χ2v) is 6.44. The van der Waals surface area contributed by atoms with Crippen molar-refractivity contribution in [3.05, 3.63) is 60.6 Å². The van der Waals surface area contributed by atoms with Crippen LogP contribution in [0.1, 0.15) is 24.6 Å². The van der Waals surface area contributed by atoms with Crippen molar-refractivity contribution in [1.29, 1.82) is 0 Å². The maximum absolute atomic E-state index is 13.2. The lowest BCUT2D eigenvalue weighted by molar-refractivity contribution is 0.472. The Kier molecular flexibility index (Phi) is 4.17. The summed E-state index contributed by atoms with van der Waals surface area (Å²) in [7, 11) is 1.99. The third kappa shape index (κ3) is 3.12. The number of aryl methyl sites for hydroxylation is 1. The highest BCUT2D eigenvalue weighted by molar-refractivity contribution is 5.75. The minimum absolute atomic E-state index is 0.223. The number of aromatic nitrogens is 4. The first-order valence-electron chi connectivity index (χ1n) is 8.52. The van der Waals surface area contributed by atoms with Crippen molar-refractivity contribution >= 4 is 5.82 Å². The summed E-state index contributed by atoms with van der Waals surface area (Å²) in [6, 6.07) is 10.6. The van der Waals surface area contributed by atoms with Crippen LogP contribution in [0.25, 0.3) is 11.1 Å². The van der Waals surface area contributed by atoms with Gasteiger partial charge >= 0.3 is 0 Å². The van der Waals surface area contributed by atoms with Crippen molar-refractivity contribution in [3.8, 4) is 11.1 Å². The topological polar surface area (TPSA) is 46.8 Å². The molecule has 0 radical (unpaired) electrons. The summed E-state index contributed by atoms with van der Waals surface area (Å²) < 4.78 is 15.2. The van der Waals surface area contributed by atoms with E-state index in [1.54, 1.807) is 6.33 Å². The summed E-state index contributed by atoms with van der Waals surface area (Å²) in [5.41, 5.74) is 2.03. The molecular weight excluding hydrogens is 317 g/mol. The van der Waals surface area contributed by atoms with Crippen molar-refractivity contribution in [2.45, 2.75) is 18.8 Å². The monoisotopic (exact) mass is 337 g/mol. The van der Waals surface area contributed by atoms with Gasteiger partial charge in [-0.15, -0.1) is 10.2 Å². The zero-order valence-corrected chi connectivity index (χ0v) is 14.1. The lowest BCUT2D eigenvalue weighted by Gasteiger charge is -2.33. The van der Waals surface area contributed by atoms with Gasteiger partial charge in [-0.05, 0) is 42.7 Å². The standard InChI is InChI=1S/C19H20FN5/c1-24-13-22-23-18(24)15-8-11-25(12-9-15)19-17(3-2-10-21-19)14-4-6-16(20)7-5-14/h2-7,10,13,15H,8-9,11-12H2,1H3. The SMILES string of the molecule is Cn1cnnc1C1CCN(c2ncccc2-c2ccc(F)cc2)CC1. The van der Waals surface area contributed by atoms with Crippen LogP contribution in [0.5, 0.6) is 0 Å². The number of hydrogen-bond acceptors (Lipinski definition) is 4. The molecule has 25 heavy (non-hydrogen) atoms. The molecule has 0 amide bonds. The van der Waals surface area contributed by atoms with Gasteiger partial charge in [-0.1, -0.05) is 12.1 Å². The van der Waals surface area contributed by atoms with Gasteiger partial charge < -0.3 is 9.47 Å². The molecule has 3 heterocycles. The van der Waals surface area contributed by atoms with Crippen LogP contribution < -0.4 is 4.90 Å². The van der Waals surface area contributed by atoms with Gasteiger partial charge in [-0.2, -0.15) is 0 Å². The van der Waals surface area contributed by atoms with Gasteiger partial charge in [0, 0.05) is 37.8 Å². The second kappa shape index (κ2) is 6.63. The van der Waals surface area contributed by atoms with Gasteiger partial charge in [0.2, 0.25) is 0 Å². The first-order valence-corrected chi connectivity index (χ1v) is 8.52. The number of hydrogen-bond donors (Lipinski definition) is 0. The Morgan fingerprint density at radius 1 is 1.08 bits per heavy atom. The van der Waals surface area contributed by atoms with Crippen molar-refractivity contribution in [2.75, 3.05) is 18.0 Å². The number of benzene rings is 1. The molecule has 5 nitrogen and oxygen atoms in total. The summed E-state index contributed by atoms with van der Waals surface area (Å²) in [5.74, 6) is 2.23. The molecule has 1 aromatic carbocycles. The molecule has 0 atom stereocenters. The lowest BCUT2D eigenvalue weighted by atomic mass is 9.95. The van der Waals surface area contributed by atoms with E-state index in [1.165, 1.54) is 12.1 Å². The van der Waals surface area contributed by atoms with E-state index in [0.717, 1.165) is 48.7 Å². The molecule has 128 valence electrons. The van der Waals surface area contributed by atoms with Crippen LogP contribution in [-0.2, 0) is 7.05 Å². The highest BCUT2D eigenvalue weighted by Gasteiger charge is 2.25. The molecule has 1 aliphatic rings. The molecule has 1 fully saturated rings. The molecule has 0 N–H and O–H groups in total. The number of halogens is 1. The second-order valence-electron chi connectivity index (χ2n) is 6.44. The van der Waals surface area contributed by atoms with Crippen molar-refractivity contribution in [3.63, 3.8) is 0 Å². The molecule has 1 saturated heterocycles. The van der Waals surface area contributed by atoms with Gasteiger partial charge in [0.1, 0.15) is 23.8 Å².